The molecule has 11 heteroatoms. The lowest BCUT2D eigenvalue weighted by Gasteiger charge is -2.32. The number of nitrogens with zero attached hydrogens (tertiary/aromatic N) is 3. The highest BCUT2D eigenvalue weighted by Gasteiger charge is 2.41. The first kappa shape index (κ1) is 17.2. The summed E-state index contributed by atoms with van der Waals surface area (Å²) in [5.41, 5.74) is 0. The second-order valence-electron chi connectivity index (χ2n) is 6.10. The van der Waals surface area contributed by atoms with Gasteiger partial charge >= 0.3 is 18.0 Å². The van der Waals surface area contributed by atoms with E-state index in [2.05, 4.69) is 15.6 Å². The van der Waals surface area contributed by atoms with Gasteiger partial charge in [-0.05, 0) is 6.42 Å². The summed E-state index contributed by atoms with van der Waals surface area (Å²) < 4.78 is 38.1. The molecule has 3 amide bonds. The first-order valence-electron chi connectivity index (χ1n) is 7.70. The van der Waals surface area contributed by atoms with Crippen molar-refractivity contribution in [3.63, 3.8) is 0 Å². The third-order valence-electron chi connectivity index (χ3n) is 4.38. The van der Waals surface area contributed by atoms with Crippen molar-refractivity contribution in [1.29, 1.82) is 0 Å². The van der Waals surface area contributed by atoms with Crippen molar-refractivity contribution in [3.05, 3.63) is 12.4 Å². The number of aromatic nitrogens is 2. The summed E-state index contributed by atoms with van der Waals surface area (Å²) >= 11 is 0. The number of anilines is 1. The average molecular weight is 359 g/mol. The van der Waals surface area contributed by atoms with E-state index in [4.69, 9.17) is 0 Å². The Bertz CT molecular complexity index is 702. The molecule has 25 heavy (non-hydrogen) atoms. The van der Waals surface area contributed by atoms with Gasteiger partial charge in [0.1, 0.15) is 6.54 Å². The number of carbonyl (C=O) groups is 3. The molecule has 3 rings (SSSR count). The van der Waals surface area contributed by atoms with E-state index < -0.39 is 24.5 Å². The molecule has 2 atom stereocenters. The summed E-state index contributed by atoms with van der Waals surface area (Å²) in [7, 11) is 0. The lowest BCUT2D eigenvalue weighted by atomic mass is 9.88. The van der Waals surface area contributed by atoms with Crippen LogP contribution in [0.2, 0.25) is 0 Å². The molecule has 2 fully saturated rings. The maximum atomic E-state index is 12.5. The average Bonchev–Trinajstić information content (AvgIpc) is 3.12. The van der Waals surface area contributed by atoms with Crippen LogP contribution in [0.15, 0.2) is 12.4 Å². The Hall–Kier alpha value is -2.59. The number of nitrogens with one attached hydrogen (secondary N) is 2. The predicted molar refractivity (Wildman–Crippen MR) is 78.1 cm³/mol. The number of hydrogen-bond acceptors (Lipinski definition) is 4. The molecule has 2 N–H and O–H groups in total. The summed E-state index contributed by atoms with van der Waals surface area (Å²) in [5.74, 6) is -2.49. The number of fused-ring (bicyclic) bond motifs is 1. The number of imidazole rings is 1. The predicted octanol–water partition coefficient (Wildman–Crippen LogP) is -0.0216. The van der Waals surface area contributed by atoms with Crippen molar-refractivity contribution in [2.45, 2.75) is 19.1 Å². The Morgan fingerprint density at radius 3 is 2.88 bits per heavy atom. The van der Waals surface area contributed by atoms with Crippen LogP contribution in [0.1, 0.15) is 6.42 Å². The molecule has 136 valence electrons. The number of amides is 3. The molecule has 2 aliphatic heterocycles. The fraction of sp³-hybridized carbons (Fsp3) is 0.571. The summed E-state index contributed by atoms with van der Waals surface area (Å²) in [6.45, 7) is -0.368. The van der Waals surface area contributed by atoms with Crippen molar-refractivity contribution in [2.75, 3.05) is 25.0 Å². The van der Waals surface area contributed by atoms with Gasteiger partial charge in [0.05, 0.1) is 0 Å². The largest absolute Gasteiger partial charge is 0.406 e. The van der Waals surface area contributed by atoms with E-state index in [1.165, 1.54) is 4.90 Å². The molecule has 2 saturated heterocycles. The smallest absolute Gasteiger partial charge is 0.355 e. The van der Waals surface area contributed by atoms with E-state index >= 15 is 0 Å². The lowest BCUT2D eigenvalue weighted by Crippen LogP contribution is -2.48. The van der Waals surface area contributed by atoms with E-state index in [0.29, 0.717) is 17.5 Å². The Morgan fingerprint density at radius 1 is 1.40 bits per heavy atom. The monoisotopic (exact) mass is 359 g/mol. The normalized spacial score (nSPS) is 23.2. The minimum absolute atomic E-state index is 0.0456. The van der Waals surface area contributed by atoms with E-state index in [1.54, 1.807) is 0 Å². The molecular formula is C14H16F3N5O3. The summed E-state index contributed by atoms with van der Waals surface area (Å²) in [4.78, 5) is 40.8. The van der Waals surface area contributed by atoms with Gasteiger partial charge in [-0.1, -0.05) is 0 Å². The van der Waals surface area contributed by atoms with Crippen molar-refractivity contribution in [1.82, 2.24) is 19.8 Å². The molecular weight excluding hydrogens is 343 g/mol. The van der Waals surface area contributed by atoms with Crippen LogP contribution in [0.3, 0.4) is 0 Å². The van der Waals surface area contributed by atoms with Crippen LogP contribution in [0.25, 0.3) is 0 Å². The fourth-order valence-corrected chi connectivity index (χ4v) is 3.18. The number of alkyl halides is 3. The summed E-state index contributed by atoms with van der Waals surface area (Å²) in [5, 5.41) is 4.84. The van der Waals surface area contributed by atoms with Gasteiger partial charge < -0.3 is 14.8 Å². The zero-order valence-electron chi connectivity index (χ0n) is 13.0. The van der Waals surface area contributed by atoms with Crippen LogP contribution in [-0.2, 0) is 20.9 Å². The lowest BCUT2D eigenvalue weighted by molar-refractivity contribution is -0.145. The first-order chi connectivity index (χ1) is 11.7. The Kier molecular flexibility index (Phi) is 4.39. The highest BCUT2D eigenvalue weighted by Crippen LogP contribution is 2.27. The Morgan fingerprint density at radius 2 is 2.16 bits per heavy atom. The van der Waals surface area contributed by atoms with Crippen molar-refractivity contribution in [2.24, 2.45) is 11.8 Å². The minimum atomic E-state index is -4.48. The molecule has 1 aromatic heterocycles. The van der Waals surface area contributed by atoms with Crippen molar-refractivity contribution in [3.8, 4) is 0 Å². The first-order valence-corrected chi connectivity index (χ1v) is 7.70. The van der Waals surface area contributed by atoms with Crippen LogP contribution in [0.4, 0.5) is 19.1 Å². The second-order valence-corrected chi connectivity index (χ2v) is 6.10. The Balaban J connectivity index is 1.61. The molecule has 3 heterocycles. The third-order valence-corrected chi connectivity index (χ3v) is 4.38. The Labute approximate surface area is 140 Å². The quantitative estimate of drug-likeness (QED) is 0.726. The molecule has 0 unspecified atom stereocenters. The van der Waals surface area contributed by atoms with Crippen molar-refractivity contribution >= 4 is 23.7 Å². The zero-order chi connectivity index (χ0) is 18.2. The molecule has 0 bridgehead atoms. The standard InChI is InChI=1S/C14H16F3N5O3/c15-14(16,17)7-22-4-2-18-13(22)20-11(24)12(25)21-3-1-9-8(6-21)5-19-10(9)23/h2,4,8-9H,1,3,5-7H2,(H,19,23)(H,18,20,24)/t8-,9+/m0/s1. The van der Waals surface area contributed by atoms with Crippen LogP contribution in [0.5, 0.6) is 0 Å². The maximum Gasteiger partial charge on any atom is 0.406 e. The van der Waals surface area contributed by atoms with E-state index in [1.807, 2.05) is 0 Å². The fourth-order valence-electron chi connectivity index (χ4n) is 3.18. The van der Waals surface area contributed by atoms with E-state index in [9.17, 15) is 27.6 Å². The van der Waals surface area contributed by atoms with Crippen molar-refractivity contribution < 1.29 is 27.6 Å². The second kappa shape index (κ2) is 6.37. The molecule has 0 spiro atoms. The molecule has 0 aromatic carbocycles. The number of carbonyl (C=O) groups excluding carboxylic acids is 3. The van der Waals surface area contributed by atoms with Gasteiger partial charge in [0, 0.05) is 43.9 Å². The summed E-state index contributed by atoms with van der Waals surface area (Å²) in [6, 6.07) is 0. The molecule has 0 aliphatic carbocycles. The maximum absolute atomic E-state index is 12.5. The minimum Gasteiger partial charge on any atom is -0.355 e. The highest BCUT2D eigenvalue weighted by atomic mass is 19.4. The van der Waals surface area contributed by atoms with Gasteiger partial charge in [-0.3, -0.25) is 19.7 Å². The van der Waals surface area contributed by atoms with Crippen LogP contribution >= 0.6 is 0 Å². The van der Waals surface area contributed by atoms with Crippen LogP contribution in [-0.4, -0.2) is 58.0 Å². The van der Waals surface area contributed by atoms with Gasteiger partial charge in [0.2, 0.25) is 11.9 Å². The number of piperidine rings is 1. The molecule has 8 nitrogen and oxygen atoms in total. The van der Waals surface area contributed by atoms with Crippen LogP contribution in [0, 0.1) is 11.8 Å². The van der Waals surface area contributed by atoms with E-state index in [-0.39, 0.29) is 36.8 Å². The van der Waals surface area contributed by atoms with Gasteiger partial charge in [-0.25, -0.2) is 4.98 Å². The molecule has 0 radical (unpaired) electrons. The van der Waals surface area contributed by atoms with Gasteiger partial charge in [0.15, 0.2) is 0 Å². The zero-order valence-corrected chi connectivity index (χ0v) is 13.0. The summed E-state index contributed by atoms with van der Waals surface area (Å²) in [6.07, 6.45) is -1.85. The number of likely N-dealkylation sites (tertiary alicyclic amines) is 1. The van der Waals surface area contributed by atoms with E-state index in [0.717, 1.165) is 12.4 Å². The van der Waals surface area contributed by atoms with Gasteiger partial charge in [-0.15, -0.1) is 0 Å². The van der Waals surface area contributed by atoms with Gasteiger partial charge in [-0.2, -0.15) is 13.2 Å². The van der Waals surface area contributed by atoms with Gasteiger partial charge in [0.25, 0.3) is 0 Å². The number of rotatable bonds is 2. The molecule has 0 saturated carbocycles. The molecule has 1 aromatic rings. The molecule has 2 aliphatic rings. The topological polar surface area (TPSA) is 96.3 Å². The SMILES string of the molecule is O=C(Nc1nccn1CC(F)(F)F)C(=O)N1CC[C@H]2C(=O)NC[C@H]2C1. The highest BCUT2D eigenvalue weighted by molar-refractivity contribution is 6.39. The third kappa shape index (κ3) is 3.74. The number of hydrogen-bond donors (Lipinski definition) is 2. The number of halogens is 3. The van der Waals surface area contributed by atoms with Crippen LogP contribution < -0.4 is 10.6 Å².